The maximum Gasteiger partial charge on any atom is 0.306 e. The molecule has 0 saturated heterocycles. The molecule has 1 aromatic heterocycles. The molecule has 3 N–H and O–H groups in total. The third-order valence-electron chi connectivity index (χ3n) is 5.33. The third kappa shape index (κ3) is 3.76. The maximum absolute atomic E-state index is 11.7. The molecule has 1 aliphatic heterocycles. The van der Waals surface area contributed by atoms with Crippen LogP contribution in [0.15, 0.2) is 30.6 Å². The van der Waals surface area contributed by atoms with Crippen LogP contribution >= 0.6 is 0 Å². The Morgan fingerprint density at radius 3 is 2.76 bits per heavy atom. The number of aryl methyl sites for hydroxylation is 1. The predicted molar refractivity (Wildman–Crippen MR) is 97.8 cm³/mol. The molecule has 0 radical (unpaired) electrons. The number of aromatic nitrogens is 2. The summed E-state index contributed by atoms with van der Waals surface area (Å²) in [6, 6.07) is 8.37. The van der Waals surface area contributed by atoms with Gasteiger partial charge in [0.25, 0.3) is 0 Å². The van der Waals surface area contributed by atoms with E-state index in [0.29, 0.717) is 18.8 Å². The smallest absolute Gasteiger partial charge is 0.306 e. The lowest BCUT2D eigenvalue weighted by molar-refractivity contribution is -0.142. The first kappa shape index (κ1) is 17.7. The summed E-state index contributed by atoms with van der Waals surface area (Å²) >= 11 is 0. The van der Waals surface area contributed by atoms with Crippen molar-refractivity contribution in [3.8, 4) is 5.69 Å². The zero-order valence-corrected chi connectivity index (χ0v) is 15.0. The number of nitrogens with zero attached hydrogens (tertiary/aromatic N) is 2. The van der Waals surface area contributed by atoms with Gasteiger partial charge in [0, 0.05) is 23.8 Å². The summed E-state index contributed by atoms with van der Waals surface area (Å²) in [5.41, 5.74) is 10.6. The second-order valence-electron chi connectivity index (χ2n) is 7.36. The minimum absolute atomic E-state index is 0.0460. The molecule has 5 heteroatoms. The molecule has 0 bridgehead atoms. The number of nitrogens with two attached hydrogens (primary N) is 1. The van der Waals surface area contributed by atoms with Gasteiger partial charge in [-0.1, -0.05) is 32.0 Å². The van der Waals surface area contributed by atoms with Crippen molar-refractivity contribution >= 4 is 5.97 Å². The molecule has 134 valence electrons. The highest BCUT2D eigenvalue weighted by molar-refractivity contribution is 5.70. The van der Waals surface area contributed by atoms with Crippen LogP contribution in [0, 0.1) is 11.8 Å². The number of hydrogen-bond acceptors (Lipinski definition) is 3. The van der Waals surface area contributed by atoms with Gasteiger partial charge in [-0.25, -0.2) is 4.98 Å². The van der Waals surface area contributed by atoms with E-state index >= 15 is 0 Å². The highest BCUT2D eigenvalue weighted by atomic mass is 16.4. The van der Waals surface area contributed by atoms with Crippen molar-refractivity contribution in [2.45, 2.75) is 52.0 Å². The van der Waals surface area contributed by atoms with Crippen LogP contribution in [-0.2, 0) is 24.1 Å². The molecule has 0 aliphatic carbocycles. The largest absolute Gasteiger partial charge is 0.481 e. The Bertz CT molecular complexity index is 751. The lowest BCUT2D eigenvalue weighted by Crippen LogP contribution is -2.28. The second-order valence-corrected chi connectivity index (χ2v) is 7.36. The summed E-state index contributed by atoms with van der Waals surface area (Å²) < 4.78 is 2.12. The van der Waals surface area contributed by atoms with E-state index in [4.69, 9.17) is 5.73 Å². The topological polar surface area (TPSA) is 81.1 Å². The van der Waals surface area contributed by atoms with E-state index in [2.05, 4.69) is 41.6 Å². The van der Waals surface area contributed by atoms with E-state index < -0.39 is 11.9 Å². The van der Waals surface area contributed by atoms with E-state index in [1.165, 1.54) is 5.56 Å². The standard InChI is InChI=1S/C20H27N3O2/c1-13(2)16(21)9-7-15(20(24)25)11-17-19-10-8-14-5-3-4-6-18(14)23(19)12-22-17/h3-6,12-13,15-16H,7-11,21H2,1-2H3,(H,24,25)/t15-,16?/m0/s1. The van der Waals surface area contributed by atoms with Crippen molar-refractivity contribution in [2.24, 2.45) is 17.6 Å². The van der Waals surface area contributed by atoms with Gasteiger partial charge >= 0.3 is 5.97 Å². The molecular weight excluding hydrogens is 314 g/mol. The Hall–Kier alpha value is -2.14. The fourth-order valence-corrected chi connectivity index (χ4v) is 3.54. The third-order valence-corrected chi connectivity index (χ3v) is 5.33. The fourth-order valence-electron chi connectivity index (χ4n) is 3.54. The van der Waals surface area contributed by atoms with E-state index in [1.54, 1.807) is 0 Å². The molecule has 25 heavy (non-hydrogen) atoms. The SMILES string of the molecule is CC(C)C(N)CC[C@@H](Cc1ncn2c1CCc1ccccc1-2)C(=O)O. The Morgan fingerprint density at radius 1 is 1.28 bits per heavy atom. The molecule has 0 fully saturated rings. The lowest BCUT2D eigenvalue weighted by Gasteiger charge is -2.21. The molecule has 3 rings (SSSR count). The van der Waals surface area contributed by atoms with Gasteiger partial charge in [0.1, 0.15) is 0 Å². The van der Waals surface area contributed by atoms with Crippen molar-refractivity contribution in [3.05, 3.63) is 47.5 Å². The molecular formula is C20H27N3O2. The van der Waals surface area contributed by atoms with Crippen LogP contribution in [0.2, 0.25) is 0 Å². The van der Waals surface area contributed by atoms with E-state index in [0.717, 1.165) is 36.3 Å². The normalized spacial score (nSPS) is 15.5. The molecule has 1 aromatic carbocycles. The average molecular weight is 341 g/mol. The Balaban J connectivity index is 1.77. The number of fused-ring (bicyclic) bond motifs is 3. The van der Waals surface area contributed by atoms with Gasteiger partial charge in [0.2, 0.25) is 0 Å². The number of aliphatic carboxylic acids is 1. The summed E-state index contributed by atoms with van der Waals surface area (Å²) in [7, 11) is 0. The number of imidazole rings is 1. The number of para-hydroxylation sites is 1. The summed E-state index contributed by atoms with van der Waals surface area (Å²) in [4.78, 5) is 16.2. The van der Waals surface area contributed by atoms with Gasteiger partial charge in [0.05, 0.1) is 17.9 Å². The lowest BCUT2D eigenvalue weighted by atomic mass is 9.90. The summed E-state index contributed by atoms with van der Waals surface area (Å²) in [6.45, 7) is 4.15. The summed E-state index contributed by atoms with van der Waals surface area (Å²) in [6.07, 6.45) is 5.52. The van der Waals surface area contributed by atoms with Crippen LogP contribution in [0.4, 0.5) is 0 Å². The summed E-state index contributed by atoms with van der Waals surface area (Å²) in [5.74, 6) is -0.818. The number of carboxylic acids is 1. The molecule has 2 aromatic rings. The number of benzene rings is 1. The van der Waals surface area contributed by atoms with Crippen molar-refractivity contribution in [1.82, 2.24) is 9.55 Å². The molecule has 1 unspecified atom stereocenters. The second kappa shape index (κ2) is 7.40. The van der Waals surface area contributed by atoms with Gasteiger partial charge in [0.15, 0.2) is 0 Å². The molecule has 0 spiro atoms. The predicted octanol–water partition coefficient (Wildman–Crippen LogP) is 2.98. The first-order valence-corrected chi connectivity index (χ1v) is 9.09. The highest BCUT2D eigenvalue weighted by Gasteiger charge is 2.25. The summed E-state index contributed by atoms with van der Waals surface area (Å²) in [5, 5.41) is 9.61. The monoisotopic (exact) mass is 341 g/mol. The molecule has 5 nitrogen and oxygen atoms in total. The first-order chi connectivity index (χ1) is 12.0. The number of hydrogen-bond donors (Lipinski definition) is 2. The fraction of sp³-hybridized carbons (Fsp3) is 0.500. The number of carboxylic acid groups (broad SMARTS) is 1. The van der Waals surface area contributed by atoms with Crippen LogP contribution in [0.25, 0.3) is 5.69 Å². The van der Waals surface area contributed by atoms with Crippen molar-refractivity contribution < 1.29 is 9.90 Å². The van der Waals surface area contributed by atoms with Crippen molar-refractivity contribution in [1.29, 1.82) is 0 Å². The zero-order chi connectivity index (χ0) is 18.0. The van der Waals surface area contributed by atoms with Gasteiger partial charge in [-0.15, -0.1) is 0 Å². The van der Waals surface area contributed by atoms with Gasteiger partial charge in [-0.3, -0.25) is 4.79 Å². The zero-order valence-electron chi connectivity index (χ0n) is 15.0. The molecule has 2 heterocycles. The molecule has 0 saturated carbocycles. The number of rotatable bonds is 7. The number of carbonyl (C=O) groups is 1. The van der Waals surface area contributed by atoms with E-state index in [-0.39, 0.29) is 6.04 Å². The quantitative estimate of drug-likeness (QED) is 0.811. The van der Waals surface area contributed by atoms with Crippen LogP contribution in [-0.4, -0.2) is 26.7 Å². The van der Waals surface area contributed by atoms with Gasteiger partial charge in [-0.2, -0.15) is 0 Å². The van der Waals surface area contributed by atoms with Crippen molar-refractivity contribution in [2.75, 3.05) is 0 Å². The highest BCUT2D eigenvalue weighted by Crippen LogP contribution is 2.28. The Morgan fingerprint density at radius 2 is 2.04 bits per heavy atom. The van der Waals surface area contributed by atoms with Gasteiger partial charge in [-0.05, 0) is 43.2 Å². The van der Waals surface area contributed by atoms with Crippen LogP contribution in [0.1, 0.15) is 43.6 Å². The minimum atomic E-state index is -0.756. The van der Waals surface area contributed by atoms with E-state index in [1.807, 2.05) is 12.4 Å². The molecule has 0 amide bonds. The van der Waals surface area contributed by atoms with Gasteiger partial charge < -0.3 is 15.4 Å². The van der Waals surface area contributed by atoms with E-state index in [9.17, 15) is 9.90 Å². The van der Waals surface area contributed by atoms with Crippen LogP contribution in [0.3, 0.4) is 0 Å². The van der Waals surface area contributed by atoms with Crippen LogP contribution < -0.4 is 5.73 Å². The first-order valence-electron chi connectivity index (χ1n) is 9.09. The van der Waals surface area contributed by atoms with Crippen molar-refractivity contribution in [3.63, 3.8) is 0 Å². The Kier molecular flexibility index (Phi) is 5.23. The Labute approximate surface area is 148 Å². The minimum Gasteiger partial charge on any atom is -0.481 e. The molecule has 2 atom stereocenters. The maximum atomic E-state index is 11.7. The molecule has 1 aliphatic rings. The average Bonchev–Trinajstić information content (AvgIpc) is 3.01. The van der Waals surface area contributed by atoms with Crippen LogP contribution in [0.5, 0.6) is 0 Å².